The van der Waals surface area contributed by atoms with Crippen molar-refractivity contribution in [3.63, 3.8) is 0 Å². The Morgan fingerprint density at radius 2 is 1.28 bits per heavy atom. The molecule has 0 atom stereocenters. The predicted octanol–water partition coefficient (Wildman–Crippen LogP) is 6.33. The van der Waals surface area contributed by atoms with Crippen LogP contribution in [0.1, 0.15) is 27.3 Å². The standard InChI is InChI=1S/C25H21NOS2/c27-18-23-24(28-19-26-23)16-17-29-25(20-10-4-1-5-11-20,21-12-6-2-7-13-21)22-14-8-3-9-15-22/h1-17,19,27H,18H2/b17-16+. The second-order valence-electron chi connectivity index (χ2n) is 6.52. The lowest BCUT2D eigenvalue weighted by atomic mass is 9.84. The zero-order valence-electron chi connectivity index (χ0n) is 15.8. The number of aliphatic hydroxyl groups excluding tert-OH is 1. The molecule has 0 spiro atoms. The van der Waals surface area contributed by atoms with E-state index in [1.165, 1.54) is 16.7 Å². The lowest BCUT2D eigenvalue weighted by Gasteiger charge is -2.34. The first-order valence-electron chi connectivity index (χ1n) is 9.39. The molecule has 0 aliphatic carbocycles. The van der Waals surface area contributed by atoms with Gasteiger partial charge < -0.3 is 5.11 Å². The molecule has 0 saturated heterocycles. The average molecular weight is 416 g/mol. The minimum Gasteiger partial charge on any atom is -0.390 e. The maximum Gasteiger partial charge on any atom is 0.0948 e. The van der Waals surface area contributed by atoms with Gasteiger partial charge >= 0.3 is 0 Å². The summed E-state index contributed by atoms with van der Waals surface area (Å²) in [6.07, 6.45) is 2.05. The van der Waals surface area contributed by atoms with Crippen molar-refractivity contribution in [3.05, 3.63) is 129 Å². The van der Waals surface area contributed by atoms with Gasteiger partial charge in [0, 0.05) is 0 Å². The Morgan fingerprint density at radius 1 is 0.793 bits per heavy atom. The van der Waals surface area contributed by atoms with Gasteiger partial charge in [0.2, 0.25) is 0 Å². The molecule has 1 aromatic heterocycles. The molecule has 0 aliphatic rings. The zero-order valence-corrected chi connectivity index (χ0v) is 17.4. The minimum atomic E-state index is -0.385. The van der Waals surface area contributed by atoms with Crippen molar-refractivity contribution in [1.29, 1.82) is 0 Å². The van der Waals surface area contributed by atoms with Crippen LogP contribution in [0.5, 0.6) is 0 Å². The number of benzene rings is 3. The molecule has 2 nitrogen and oxygen atoms in total. The molecule has 144 valence electrons. The third kappa shape index (κ3) is 4.06. The number of aromatic nitrogens is 1. The number of thiazole rings is 1. The Hall–Kier alpha value is -2.66. The third-order valence-corrected chi connectivity index (χ3v) is 7.00. The van der Waals surface area contributed by atoms with Crippen molar-refractivity contribution in [2.24, 2.45) is 0 Å². The van der Waals surface area contributed by atoms with Crippen LogP contribution in [0.2, 0.25) is 0 Å². The van der Waals surface area contributed by atoms with Crippen molar-refractivity contribution in [2.45, 2.75) is 11.4 Å². The first-order chi connectivity index (χ1) is 14.3. The van der Waals surface area contributed by atoms with E-state index in [0.717, 1.165) is 10.6 Å². The van der Waals surface area contributed by atoms with Gasteiger partial charge in [0.05, 0.1) is 27.4 Å². The number of aliphatic hydroxyl groups is 1. The highest BCUT2D eigenvalue weighted by Gasteiger charge is 2.36. The third-order valence-electron chi connectivity index (χ3n) is 4.83. The first-order valence-corrected chi connectivity index (χ1v) is 11.1. The second-order valence-corrected chi connectivity index (χ2v) is 8.53. The van der Waals surface area contributed by atoms with Crippen molar-refractivity contribution in [3.8, 4) is 0 Å². The van der Waals surface area contributed by atoms with E-state index in [1.54, 1.807) is 28.6 Å². The highest BCUT2D eigenvalue weighted by molar-refractivity contribution is 8.03. The molecule has 1 heterocycles. The van der Waals surface area contributed by atoms with E-state index >= 15 is 0 Å². The normalized spacial score (nSPS) is 11.8. The fraction of sp³-hybridized carbons (Fsp3) is 0.0800. The molecule has 3 aromatic carbocycles. The van der Waals surface area contributed by atoms with Gasteiger partial charge in [-0.3, -0.25) is 0 Å². The second kappa shape index (κ2) is 9.23. The van der Waals surface area contributed by atoms with Crippen LogP contribution in [0.15, 0.2) is 102 Å². The largest absolute Gasteiger partial charge is 0.390 e. The molecule has 4 aromatic rings. The highest BCUT2D eigenvalue weighted by atomic mass is 32.2. The maximum absolute atomic E-state index is 9.50. The van der Waals surface area contributed by atoms with Gasteiger partial charge in [-0.2, -0.15) is 0 Å². The van der Waals surface area contributed by atoms with Gasteiger partial charge in [-0.1, -0.05) is 91.0 Å². The molecule has 4 rings (SSSR count). The summed E-state index contributed by atoms with van der Waals surface area (Å²) in [7, 11) is 0. The van der Waals surface area contributed by atoms with E-state index in [1.807, 2.05) is 0 Å². The van der Waals surface area contributed by atoms with E-state index in [4.69, 9.17) is 0 Å². The predicted molar refractivity (Wildman–Crippen MR) is 124 cm³/mol. The molecule has 0 fully saturated rings. The average Bonchev–Trinajstić information content (AvgIpc) is 3.26. The molecule has 0 amide bonds. The van der Waals surface area contributed by atoms with Crippen LogP contribution in [0.25, 0.3) is 6.08 Å². The monoisotopic (exact) mass is 415 g/mol. The van der Waals surface area contributed by atoms with Crippen molar-refractivity contribution in [1.82, 2.24) is 4.98 Å². The fourth-order valence-electron chi connectivity index (χ4n) is 3.45. The van der Waals surface area contributed by atoms with Gasteiger partial charge in [-0.15, -0.1) is 23.1 Å². The topological polar surface area (TPSA) is 33.1 Å². The molecule has 4 heteroatoms. The van der Waals surface area contributed by atoms with Crippen LogP contribution in [0.4, 0.5) is 0 Å². The van der Waals surface area contributed by atoms with Gasteiger partial charge in [-0.25, -0.2) is 4.98 Å². The van der Waals surface area contributed by atoms with Gasteiger partial charge in [0.15, 0.2) is 0 Å². The maximum atomic E-state index is 9.50. The molecule has 0 saturated carbocycles. The number of hydrogen-bond donors (Lipinski definition) is 1. The lowest BCUT2D eigenvalue weighted by molar-refractivity contribution is 0.277. The smallest absolute Gasteiger partial charge is 0.0948 e. The van der Waals surface area contributed by atoms with Crippen LogP contribution in [0.3, 0.4) is 0 Å². The summed E-state index contributed by atoms with van der Waals surface area (Å²) in [6, 6.07) is 31.8. The molecular weight excluding hydrogens is 394 g/mol. The Balaban J connectivity index is 1.86. The number of hydrogen-bond acceptors (Lipinski definition) is 4. The Kier molecular flexibility index (Phi) is 6.25. The van der Waals surface area contributed by atoms with Crippen LogP contribution >= 0.6 is 23.1 Å². The summed E-state index contributed by atoms with van der Waals surface area (Å²) in [5.41, 5.74) is 6.15. The lowest BCUT2D eigenvalue weighted by Crippen LogP contribution is -2.24. The molecule has 0 aliphatic heterocycles. The van der Waals surface area contributed by atoms with Crippen LogP contribution in [-0.4, -0.2) is 10.1 Å². The summed E-state index contributed by atoms with van der Waals surface area (Å²) >= 11 is 3.30. The molecule has 0 radical (unpaired) electrons. The number of rotatable bonds is 7. The fourth-order valence-corrected chi connectivity index (χ4v) is 5.46. The van der Waals surface area contributed by atoms with Crippen molar-refractivity contribution < 1.29 is 5.11 Å². The minimum absolute atomic E-state index is 0.0466. The van der Waals surface area contributed by atoms with E-state index < -0.39 is 0 Å². The highest BCUT2D eigenvalue weighted by Crippen LogP contribution is 2.49. The summed E-state index contributed by atoms with van der Waals surface area (Å²) in [5.74, 6) is 0. The van der Waals surface area contributed by atoms with Crippen LogP contribution < -0.4 is 0 Å². The van der Waals surface area contributed by atoms with Crippen LogP contribution in [-0.2, 0) is 11.4 Å². The molecule has 0 unspecified atom stereocenters. The first kappa shape index (κ1) is 19.6. The summed E-state index contributed by atoms with van der Waals surface area (Å²) in [5, 5.41) is 11.6. The van der Waals surface area contributed by atoms with Gasteiger partial charge in [-0.05, 0) is 28.2 Å². The Labute approximate surface area is 179 Å². The van der Waals surface area contributed by atoms with Gasteiger partial charge in [0.1, 0.15) is 0 Å². The van der Waals surface area contributed by atoms with E-state index in [-0.39, 0.29) is 11.4 Å². The van der Waals surface area contributed by atoms with E-state index in [9.17, 15) is 5.11 Å². The molecule has 29 heavy (non-hydrogen) atoms. The number of thioether (sulfide) groups is 1. The van der Waals surface area contributed by atoms with Gasteiger partial charge in [0.25, 0.3) is 0 Å². The van der Waals surface area contributed by atoms with Crippen molar-refractivity contribution in [2.75, 3.05) is 0 Å². The quantitative estimate of drug-likeness (QED) is 0.358. The number of nitrogens with zero attached hydrogens (tertiary/aromatic N) is 1. The SMILES string of the molecule is OCc1ncsc1/C=C/SC(c1ccccc1)(c1ccccc1)c1ccccc1. The zero-order chi connectivity index (χ0) is 19.9. The molecular formula is C25H21NOS2. The summed E-state index contributed by atoms with van der Waals surface area (Å²) < 4.78 is -0.385. The summed E-state index contributed by atoms with van der Waals surface area (Å²) in [6.45, 7) is -0.0466. The Morgan fingerprint density at radius 3 is 1.72 bits per heavy atom. The summed E-state index contributed by atoms with van der Waals surface area (Å²) in [4.78, 5) is 5.22. The molecule has 0 bridgehead atoms. The molecule has 1 N–H and O–H groups in total. The Bertz CT molecular complexity index is 963. The van der Waals surface area contributed by atoms with E-state index in [0.29, 0.717) is 0 Å². The van der Waals surface area contributed by atoms with Crippen molar-refractivity contribution >= 4 is 29.2 Å². The van der Waals surface area contributed by atoms with Crippen LogP contribution in [0, 0.1) is 0 Å². The van der Waals surface area contributed by atoms with E-state index in [2.05, 4.69) is 107 Å².